The van der Waals surface area contributed by atoms with E-state index in [4.69, 9.17) is 9.47 Å². The Morgan fingerprint density at radius 3 is 2.19 bits per heavy atom. The fourth-order valence-electron chi connectivity index (χ4n) is 2.97. The number of carbonyl (C=O) groups excluding carboxylic acids is 1. The van der Waals surface area contributed by atoms with Gasteiger partial charge in [0.2, 0.25) is 0 Å². The maximum atomic E-state index is 13.1. The van der Waals surface area contributed by atoms with Gasteiger partial charge in [-0.2, -0.15) is 0 Å². The quantitative estimate of drug-likeness (QED) is 0.500. The summed E-state index contributed by atoms with van der Waals surface area (Å²) in [6.07, 6.45) is -0.590. The fraction of sp³-hybridized carbons (Fsp3) is 0.174. The highest BCUT2D eigenvalue weighted by Crippen LogP contribution is 2.31. The van der Waals surface area contributed by atoms with Gasteiger partial charge in [-0.05, 0) is 61.0 Å². The Hall–Kier alpha value is -3.39. The number of nitrogens with zero attached hydrogens (tertiary/aromatic N) is 1. The van der Waals surface area contributed by atoms with Crippen molar-refractivity contribution in [2.75, 3.05) is 18.5 Å². The van der Waals surface area contributed by atoms with Crippen molar-refractivity contribution in [3.05, 3.63) is 89.7 Å². The molecule has 0 aliphatic heterocycles. The minimum atomic E-state index is -3.87. The van der Waals surface area contributed by atoms with Crippen LogP contribution in [0.5, 0.6) is 5.75 Å². The molecule has 0 heterocycles. The Bertz CT molecular complexity index is 1160. The molecular formula is C23H22FNO5S. The largest absolute Gasteiger partial charge is 0.495 e. The molecule has 0 spiro atoms. The molecule has 3 aromatic rings. The van der Waals surface area contributed by atoms with E-state index in [1.165, 1.54) is 62.7 Å². The lowest BCUT2D eigenvalue weighted by Crippen LogP contribution is -2.27. The normalized spacial score (nSPS) is 12.1. The molecular weight excluding hydrogens is 421 g/mol. The molecule has 8 heteroatoms. The lowest BCUT2D eigenvalue weighted by atomic mass is 10.1. The van der Waals surface area contributed by atoms with Crippen molar-refractivity contribution in [2.24, 2.45) is 0 Å². The van der Waals surface area contributed by atoms with Gasteiger partial charge in [-0.1, -0.05) is 24.3 Å². The first kappa shape index (κ1) is 22.3. The first-order valence-electron chi connectivity index (χ1n) is 9.42. The van der Waals surface area contributed by atoms with Crippen molar-refractivity contribution in [3.8, 4) is 5.75 Å². The number of para-hydroxylation sites is 2. The first-order chi connectivity index (χ1) is 14.7. The van der Waals surface area contributed by atoms with Crippen LogP contribution in [-0.4, -0.2) is 28.5 Å². The molecule has 3 rings (SSSR count). The van der Waals surface area contributed by atoms with Crippen LogP contribution in [0.15, 0.2) is 77.7 Å². The molecule has 6 nitrogen and oxygen atoms in total. The standard InChI is InChI=1S/C23H22FNO5S/c1-16(17-8-12-19(24)13-9-17)30-23(26)18-10-14-20(15-11-18)31(27,28)25(2)21-6-4-5-7-22(21)29-3/h4-16H,1-3H3. The van der Waals surface area contributed by atoms with Crippen molar-refractivity contribution in [1.82, 2.24) is 0 Å². The number of benzene rings is 3. The molecule has 0 amide bonds. The van der Waals surface area contributed by atoms with E-state index in [-0.39, 0.29) is 16.3 Å². The number of hydrogen-bond acceptors (Lipinski definition) is 5. The van der Waals surface area contributed by atoms with Crippen LogP contribution in [-0.2, 0) is 14.8 Å². The monoisotopic (exact) mass is 443 g/mol. The number of ether oxygens (including phenoxy) is 2. The summed E-state index contributed by atoms with van der Waals surface area (Å²) in [4.78, 5) is 12.4. The van der Waals surface area contributed by atoms with Crippen molar-refractivity contribution < 1.29 is 27.1 Å². The molecule has 0 radical (unpaired) electrons. The summed E-state index contributed by atoms with van der Waals surface area (Å²) in [7, 11) is -0.976. The lowest BCUT2D eigenvalue weighted by molar-refractivity contribution is 0.0337. The van der Waals surface area contributed by atoms with Crippen LogP contribution in [0.4, 0.5) is 10.1 Å². The molecule has 0 aliphatic carbocycles. The summed E-state index contributed by atoms with van der Waals surface area (Å²) >= 11 is 0. The van der Waals surface area contributed by atoms with Gasteiger partial charge in [-0.3, -0.25) is 4.31 Å². The van der Waals surface area contributed by atoms with E-state index < -0.39 is 22.1 Å². The average molecular weight is 443 g/mol. The van der Waals surface area contributed by atoms with Crippen molar-refractivity contribution in [1.29, 1.82) is 0 Å². The summed E-state index contributed by atoms with van der Waals surface area (Å²) in [5.74, 6) is -0.570. The van der Waals surface area contributed by atoms with Crippen molar-refractivity contribution in [3.63, 3.8) is 0 Å². The Morgan fingerprint density at radius 1 is 0.968 bits per heavy atom. The number of esters is 1. The zero-order chi connectivity index (χ0) is 22.6. The molecule has 3 aromatic carbocycles. The fourth-order valence-corrected chi connectivity index (χ4v) is 4.18. The van der Waals surface area contributed by atoms with Gasteiger partial charge in [0.25, 0.3) is 10.0 Å². The van der Waals surface area contributed by atoms with Crippen LogP contribution in [0.1, 0.15) is 28.9 Å². The van der Waals surface area contributed by atoms with Gasteiger partial charge in [0.15, 0.2) is 0 Å². The highest BCUT2D eigenvalue weighted by molar-refractivity contribution is 7.92. The van der Waals surface area contributed by atoms with Crippen LogP contribution in [0.25, 0.3) is 0 Å². The number of rotatable bonds is 7. The predicted octanol–water partition coefficient (Wildman–Crippen LogP) is 4.58. The third-order valence-electron chi connectivity index (χ3n) is 4.80. The Morgan fingerprint density at radius 2 is 1.58 bits per heavy atom. The number of anilines is 1. The maximum Gasteiger partial charge on any atom is 0.338 e. The molecule has 0 saturated carbocycles. The second kappa shape index (κ2) is 9.18. The Balaban J connectivity index is 1.77. The number of halogens is 1. The molecule has 1 atom stereocenters. The van der Waals surface area contributed by atoms with Gasteiger partial charge in [0, 0.05) is 7.05 Å². The van der Waals surface area contributed by atoms with Gasteiger partial charge in [-0.25, -0.2) is 17.6 Å². The number of carbonyl (C=O) groups is 1. The van der Waals surface area contributed by atoms with E-state index >= 15 is 0 Å². The van der Waals surface area contributed by atoms with Gasteiger partial charge < -0.3 is 9.47 Å². The summed E-state index contributed by atoms with van der Waals surface area (Å²) in [5, 5.41) is 0. The van der Waals surface area contributed by atoms with E-state index in [2.05, 4.69) is 0 Å². The predicted molar refractivity (Wildman–Crippen MR) is 115 cm³/mol. The van der Waals surface area contributed by atoms with Crippen LogP contribution >= 0.6 is 0 Å². The maximum absolute atomic E-state index is 13.1. The third-order valence-corrected chi connectivity index (χ3v) is 6.58. The summed E-state index contributed by atoms with van der Waals surface area (Å²) in [6.45, 7) is 1.67. The van der Waals surface area contributed by atoms with Crippen LogP contribution < -0.4 is 9.04 Å². The molecule has 0 fully saturated rings. The van der Waals surface area contributed by atoms with Crippen LogP contribution in [0.2, 0.25) is 0 Å². The summed E-state index contributed by atoms with van der Waals surface area (Å²) < 4.78 is 50.8. The first-order valence-corrected chi connectivity index (χ1v) is 10.9. The molecule has 0 aromatic heterocycles. The number of sulfonamides is 1. The van der Waals surface area contributed by atoms with Gasteiger partial charge in [-0.15, -0.1) is 0 Å². The SMILES string of the molecule is COc1ccccc1N(C)S(=O)(=O)c1ccc(C(=O)OC(C)c2ccc(F)cc2)cc1. The van der Waals surface area contributed by atoms with E-state index in [9.17, 15) is 17.6 Å². The molecule has 0 aliphatic rings. The molecule has 1 unspecified atom stereocenters. The lowest BCUT2D eigenvalue weighted by Gasteiger charge is -2.21. The van der Waals surface area contributed by atoms with E-state index in [0.717, 1.165) is 4.31 Å². The van der Waals surface area contributed by atoms with E-state index in [1.54, 1.807) is 31.2 Å². The Labute approximate surface area is 180 Å². The van der Waals surface area contributed by atoms with Crippen molar-refractivity contribution >= 4 is 21.7 Å². The molecule has 31 heavy (non-hydrogen) atoms. The van der Waals surface area contributed by atoms with Crippen LogP contribution in [0, 0.1) is 5.82 Å². The topological polar surface area (TPSA) is 72.9 Å². The smallest absolute Gasteiger partial charge is 0.338 e. The average Bonchev–Trinajstić information content (AvgIpc) is 2.78. The second-order valence-electron chi connectivity index (χ2n) is 6.77. The Kier molecular flexibility index (Phi) is 6.60. The van der Waals surface area contributed by atoms with Crippen molar-refractivity contribution in [2.45, 2.75) is 17.9 Å². The van der Waals surface area contributed by atoms with Gasteiger partial charge in [0.05, 0.1) is 23.3 Å². The van der Waals surface area contributed by atoms with Gasteiger partial charge >= 0.3 is 5.97 Å². The second-order valence-corrected chi connectivity index (χ2v) is 8.74. The number of methoxy groups -OCH3 is 1. The summed E-state index contributed by atoms with van der Waals surface area (Å²) in [6, 6.07) is 17.9. The molecule has 162 valence electrons. The summed E-state index contributed by atoms with van der Waals surface area (Å²) in [5.41, 5.74) is 1.24. The zero-order valence-corrected chi connectivity index (χ0v) is 18.1. The molecule has 0 saturated heterocycles. The number of hydrogen-bond donors (Lipinski definition) is 0. The zero-order valence-electron chi connectivity index (χ0n) is 17.3. The van der Waals surface area contributed by atoms with Gasteiger partial charge in [0.1, 0.15) is 17.7 Å². The molecule has 0 N–H and O–H groups in total. The van der Waals surface area contributed by atoms with E-state index in [0.29, 0.717) is 17.0 Å². The van der Waals surface area contributed by atoms with Crippen LogP contribution in [0.3, 0.4) is 0 Å². The third kappa shape index (κ3) is 4.86. The molecule has 0 bridgehead atoms. The highest BCUT2D eigenvalue weighted by Gasteiger charge is 2.24. The minimum absolute atomic E-state index is 0.0176. The highest BCUT2D eigenvalue weighted by atomic mass is 32.2. The van der Waals surface area contributed by atoms with E-state index in [1.807, 2.05) is 0 Å². The minimum Gasteiger partial charge on any atom is -0.495 e.